The van der Waals surface area contributed by atoms with Crippen LogP contribution in [0.1, 0.15) is 46.4 Å². The summed E-state index contributed by atoms with van der Waals surface area (Å²) in [5, 5.41) is 0. The maximum atomic E-state index is 13.0. The van der Waals surface area contributed by atoms with Gasteiger partial charge in [-0.15, -0.1) is 0 Å². The van der Waals surface area contributed by atoms with Crippen molar-refractivity contribution in [3.05, 3.63) is 91.0 Å². The minimum atomic E-state index is -0.688. The number of ether oxygens (including phenoxy) is 9. The van der Waals surface area contributed by atoms with Crippen LogP contribution in [0.3, 0.4) is 0 Å². The molecule has 3 aromatic carbocycles. The van der Waals surface area contributed by atoms with E-state index in [-0.39, 0.29) is 41.6 Å². The van der Waals surface area contributed by atoms with Gasteiger partial charge in [-0.1, -0.05) is 13.2 Å². The van der Waals surface area contributed by atoms with Crippen LogP contribution >= 0.6 is 0 Å². The van der Waals surface area contributed by atoms with Crippen LogP contribution in [0.25, 0.3) is 0 Å². The van der Waals surface area contributed by atoms with Gasteiger partial charge in [0.05, 0.1) is 58.9 Å². The lowest BCUT2D eigenvalue weighted by Crippen LogP contribution is -2.11. The lowest BCUT2D eigenvalue weighted by Gasteiger charge is -2.14. The zero-order valence-corrected chi connectivity index (χ0v) is 28.2. The number of rotatable bonds is 21. The van der Waals surface area contributed by atoms with E-state index < -0.39 is 23.9 Å². The van der Waals surface area contributed by atoms with Crippen LogP contribution < -0.4 is 33.2 Å². The van der Waals surface area contributed by atoms with Gasteiger partial charge < -0.3 is 42.6 Å². The van der Waals surface area contributed by atoms with Crippen molar-refractivity contribution >= 4 is 23.9 Å². The summed E-state index contributed by atoms with van der Waals surface area (Å²) in [4.78, 5) is 48.2. The standard InChI is InChI=1S/C37H40O13/c1-6-34(38)47-20-10-8-18-45-28-15-12-25(22-31(28)42-3)36(40)49-27-14-17-30(33(24-27)44-5)50-37(41)26-13-16-29(32(23-26)43-4)46-19-9-11-21-48-35(39)7-2/h6-7,12-17,22-24H,1-2,8-11,18-21H2,3-5H3. The molecular formula is C37H40O13. The first-order valence-electron chi connectivity index (χ1n) is 15.5. The number of methoxy groups -OCH3 is 3. The van der Waals surface area contributed by atoms with Crippen molar-refractivity contribution in [3.63, 3.8) is 0 Å². The topological polar surface area (TPSA) is 151 Å². The Labute approximate surface area is 290 Å². The average Bonchev–Trinajstić information content (AvgIpc) is 3.14. The molecule has 0 saturated carbocycles. The number of carbonyl (C=O) groups is 4. The summed E-state index contributed by atoms with van der Waals surface area (Å²) in [6.07, 6.45) is 4.67. The van der Waals surface area contributed by atoms with Gasteiger partial charge in [0.1, 0.15) is 5.75 Å². The molecule has 13 heteroatoms. The molecule has 0 aliphatic carbocycles. The van der Waals surface area contributed by atoms with Crippen molar-refractivity contribution in [1.82, 2.24) is 0 Å². The van der Waals surface area contributed by atoms with Gasteiger partial charge in [-0.25, -0.2) is 19.2 Å². The molecule has 0 unspecified atom stereocenters. The molecule has 0 heterocycles. The van der Waals surface area contributed by atoms with Crippen LogP contribution in [0.5, 0.6) is 40.2 Å². The third-order valence-electron chi connectivity index (χ3n) is 6.76. The molecule has 0 amide bonds. The van der Waals surface area contributed by atoms with Gasteiger partial charge >= 0.3 is 23.9 Å². The number of hydrogen-bond donors (Lipinski definition) is 0. The molecule has 266 valence electrons. The van der Waals surface area contributed by atoms with E-state index in [9.17, 15) is 19.2 Å². The van der Waals surface area contributed by atoms with E-state index in [1.807, 2.05) is 0 Å². The molecule has 13 nitrogen and oxygen atoms in total. The molecular weight excluding hydrogens is 652 g/mol. The van der Waals surface area contributed by atoms with Crippen LogP contribution in [-0.2, 0) is 19.1 Å². The van der Waals surface area contributed by atoms with E-state index in [2.05, 4.69) is 13.2 Å². The Morgan fingerprint density at radius 3 is 1.40 bits per heavy atom. The van der Waals surface area contributed by atoms with Crippen molar-refractivity contribution in [2.24, 2.45) is 0 Å². The van der Waals surface area contributed by atoms with Crippen molar-refractivity contribution < 1.29 is 61.8 Å². The molecule has 3 aromatic rings. The first-order chi connectivity index (χ1) is 24.2. The molecule has 0 spiro atoms. The maximum absolute atomic E-state index is 13.0. The SMILES string of the molecule is C=CC(=O)OCCCCOc1ccc(C(=O)Oc2ccc(OC(=O)c3ccc(OCCCCOC(=O)C=C)c(OC)c3)c(OC)c2)cc1OC. The Morgan fingerprint density at radius 1 is 0.520 bits per heavy atom. The number of hydrogen-bond acceptors (Lipinski definition) is 13. The Morgan fingerprint density at radius 2 is 0.940 bits per heavy atom. The second-order valence-corrected chi connectivity index (χ2v) is 10.2. The second kappa shape index (κ2) is 20.4. The minimum absolute atomic E-state index is 0.0933. The highest BCUT2D eigenvalue weighted by atomic mass is 16.6. The normalized spacial score (nSPS) is 10.2. The predicted molar refractivity (Wildman–Crippen MR) is 181 cm³/mol. The van der Waals surface area contributed by atoms with E-state index in [0.717, 1.165) is 12.2 Å². The second-order valence-electron chi connectivity index (χ2n) is 10.2. The van der Waals surface area contributed by atoms with Gasteiger partial charge in [0.25, 0.3) is 0 Å². The van der Waals surface area contributed by atoms with Gasteiger partial charge in [-0.2, -0.15) is 0 Å². The number of esters is 4. The molecule has 0 aliphatic rings. The fourth-order valence-electron chi connectivity index (χ4n) is 4.18. The quantitative estimate of drug-likeness (QED) is 0.0562. The number of carbonyl (C=O) groups excluding carboxylic acids is 4. The summed E-state index contributed by atoms with van der Waals surface area (Å²) < 4.78 is 48.6. The van der Waals surface area contributed by atoms with Crippen molar-refractivity contribution in [3.8, 4) is 40.2 Å². The van der Waals surface area contributed by atoms with Crippen LogP contribution in [0, 0.1) is 0 Å². The Balaban J connectivity index is 1.57. The summed E-state index contributed by atoms with van der Waals surface area (Å²) >= 11 is 0. The largest absolute Gasteiger partial charge is 0.493 e. The molecule has 0 atom stereocenters. The fourth-order valence-corrected chi connectivity index (χ4v) is 4.18. The monoisotopic (exact) mass is 692 g/mol. The molecule has 0 saturated heterocycles. The Kier molecular flexibility index (Phi) is 15.7. The summed E-state index contributed by atoms with van der Waals surface area (Å²) in [5.41, 5.74) is 0.397. The number of benzene rings is 3. The highest BCUT2D eigenvalue weighted by molar-refractivity contribution is 5.93. The first kappa shape index (κ1) is 38.5. The smallest absolute Gasteiger partial charge is 0.343 e. The van der Waals surface area contributed by atoms with Gasteiger partial charge in [-0.3, -0.25) is 0 Å². The zero-order valence-electron chi connectivity index (χ0n) is 28.2. The van der Waals surface area contributed by atoms with Gasteiger partial charge in [-0.05, 0) is 74.2 Å². The molecule has 0 radical (unpaired) electrons. The Hall–Kier alpha value is -5.98. The summed E-state index contributed by atoms with van der Waals surface area (Å²) in [6, 6.07) is 13.5. The summed E-state index contributed by atoms with van der Waals surface area (Å²) in [6.45, 7) is 7.88. The fraction of sp³-hybridized carbons (Fsp3) is 0.297. The van der Waals surface area contributed by atoms with Crippen LogP contribution in [-0.4, -0.2) is 71.6 Å². The van der Waals surface area contributed by atoms with Crippen LogP contribution in [0.2, 0.25) is 0 Å². The lowest BCUT2D eigenvalue weighted by atomic mass is 10.2. The highest BCUT2D eigenvalue weighted by Gasteiger charge is 2.18. The summed E-state index contributed by atoms with van der Waals surface area (Å²) in [7, 11) is 4.28. The molecule has 3 rings (SSSR count). The first-order valence-corrected chi connectivity index (χ1v) is 15.5. The molecule has 0 bridgehead atoms. The van der Waals surface area contributed by atoms with E-state index in [1.54, 1.807) is 12.1 Å². The number of unbranched alkanes of at least 4 members (excludes halogenated alkanes) is 2. The third kappa shape index (κ3) is 11.9. The van der Waals surface area contributed by atoms with E-state index in [1.165, 1.54) is 63.8 Å². The molecule has 0 fully saturated rings. The van der Waals surface area contributed by atoms with E-state index in [0.29, 0.717) is 61.9 Å². The molecule has 0 N–H and O–H groups in total. The zero-order chi connectivity index (χ0) is 36.3. The third-order valence-corrected chi connectivity index (χ3v) is 6.76. The maximum Gasteiger partial charge on any atom is 0.343 e. The van der Waals surface area contributed by atoms with Crippen molar-refractivity contribution in [2.45, 2.75) is 25.7 Å². The predicted octanol–water partition coefficient (Wildman–Crippen LogP) is 5.93. The molecule has 0 aliphatic heterocycles. The summed E-state index contributed by atoms with van der Waals surface area (Å²) in [5.74, 6) is -0.412. The molecule has 50 heavy (non-hydrogen) atoms. The van der Waals surface area contributed by atoms with Gasteiger partial charge in [0, 0.05) is 18.2 Å². The van der Waals surface area contributed by atoms with Crippen molar-refractivity contribution in [2.75, 3.05) is 47.8 Å². The van der Waals surface area contributed by atoms with Crippen LogP contribution in [0.15, 0.2) is 79.9 Å². The van der Waals surface area contributed by atoms with Crippen molar-refractivity contribution in [1.29, 1.82) is 0 Å². The lowest BCUT2D eigenvalue weighted by molar-refractivity contribution is -0.138. The molecule has 0 aromatic heterocycles. The van der Waals surface area contributed by atoms with Gasteiger partial charge in [0.2, 0.25) is 0 Å². The minimum Gasteiger partial charge on any atom is -0.493 e. The van der Waals surface area contributed by atoms with E-state index >= 15 is 0 Å². The van der Waals surface area contributed by atoms with Crippen LogP contribution in [0.4, 0.5) is 0 Å². The van der Waals surface area contributed by atoms with Gasteiger partial charge in [0.15, 0.2) is 34.5 Å². The Bertz CT molecular complexity index is 1650. The highest BCUT2D eigenvalue weighted by Crippen LogP contribution is 2.34. The average molecular weight is 693 g/mol. The van der Waals surface area contributed by atoms with E-state index in [4.69, 9.17) is 42.6 Å².